The number of anilines is 1. The van der Waals surface area contributed by atoms with Crippen molar-refractivity contribution in [3.63, 3.8) is 0 Å². The number of methoxy groups -OCH3 is 1. The average Bonchev–Trinajstić information content (AvgIpc) is 2.64. The maximum atomic E-state index is 5.10. The van der Waals surface area contributed by atoms with E-state index in [-0.39, 0.29) is 0 Å². The fraction of sp³-hybridized carbons (Fsp3) is 0.500. The van der Waals surface area contributed by atoms with Crippen molar-refractivity contribution in [3.8, 4) is 0 Å². The summed E-state index contributed by atoms with van der Waals surface area (Å²) in [6.07, 6.45) is 3.81. The molecule has 0 aromatic heterocycles. The minimum absolute atomic E-state index is 0.652. The molecule has 0 atom stereocenters. The first kappa shape index (κ1) is 9.53. The van der Waals surface area contributed by atoms with Gasteiger partial charge >= 0.3 is 0 Å². The highest BCUT2D eigenvalue weighted by atomic mass is 16.5. The second kappa shape index (κ2) is 4.01. The fourth-order valence-corrected chi connectivity index (χ4v) is 2.06. The number of nitrogens with zero attached hydrogens (tertiary/aromatic N) is 1. The number of hydrogen-bond acceptors (Lipinski definition) is 2. The van der Waals surface area contributed by atoms with Gasteiger partial charge in [-0.25, -0.2) is 0 Å². The minimum Gasteiger partial charge on any atom is -0.364 e. The van der Waals surface area contributed by atoms with E-state index < -0.39 is 0 Å². The van der Waals surface area contributed by atoms with Crippen molar-refractivity contribution in [2.75, 3.05) is 25.8 Å². The minimum atomic E-state index is 0.652. The highest BCUT2D eigenvalue weighted by Crippen LogP contribution is 2.26. The summed E-state index contributed by atoms with van der Waals surface area (Å²) in [5, 5.41) is 0. The summed E-state index contributed by atoms with van der Waals surface area (Å²) in [7, 11) is 3.78. The van der Waals surface area contributed by atoms with Crippen molar-refractivity contribution in [2.24, 2.45) is 0 Å². The normalized spacial score (nSPS) is 14.1. The van der Waals surface area contributed by atoms with Crippen molar-refractivity contribution in [1.29, 1.82) is 0 Å². The van der Waals surface area contributed by atoms with Gasteiger partial charge in [0, 0.05) is 19.8 Å². The van der Waals surface area contributed by atoms with E-state index in [1.54, 1.807) is 7.11 Å². The zero-order valence-corrected chi connectivity index (χ0v) is 8.92. The van der Waals surface area contributed by atoms with Gasteiger partial charge in [-0.3, -0.25) is 0 Å². The average molecular weight is 191 g/mol. The van der Waals surface area contributed by atoms with Gasteiger partial charge in [0.1, 0.15) is 6.73 Å². The van der Waals surface area contributed by atoms with Crippen molar-refractivity contribution in [2.45, 2.75) is 19.3 Å². The standard InChI is InChI=1S/C12H17NO/c1-13(9-14-2)12-7-6-10-4-3-5-11(10)8-12/h6-8H,3-5,9H2,1-2H3. The second-order valence-electron chi connectivity index (χ2n) is 3.92. The van der Waals surface area contributed by atoms with Crippen LogP contribution >= 0.6 is 0 Å². The van der Waals surface area contributed by atoms with E-state index in [9.17, 15) is 0 Å². The molecule has 1 aliphatic carbocycles. The Morgan fingerprint density at radius 1 is 1.29 bits per heavy atom. The van der Waals surface area contributed by atoms with E-state index in [1.807, 2.05) is 0 Å². The zero-order valence-electron chi connectivity index (χ0n) is 8.92. The van der Waals surface area contributed by atoms with E-state index in [1.165, 1.54) is 36.1 Å². The van der Waals surface area contributed by atoms with Crippen LogP contribution in [0.1, 0.15) is 17.5 Å². The van der Waals surface area contributed by atoms with Gasteiger partial charge in [-0.2, -0.15) is 0 Å². The number of hydrogen-bond donors (Lipinski definition) is 0. The Morgan fingerprint density at radius 2 is 2.07 bits per heavy atom. The Labute approximate surface area is 85.5 Å². The van der Waals surface area contributed by atoms with Gasteiger partial charge in [0.2, 0.25) is 0 Å². The lowest BCUT2D eigenvalue weighted by molar-refractivity contribution is 0.202. The third-order valence-corrected chi connectivity index (χ3v) is 2.85. The lowest BCUT2D eigenvalue weighted by Crippen LogP contribution is -2.19. The molecule has 0 spiro atoms. The van der Waals surface area contributed by atoms with Crippen LogP contribution in [0.4, 0.5) is 5.69 Å². The van der Waals surface area contributed by atoms with Crippen LogP contribution in [0.2, 0.25) is 0 Å². The molecule has 14 heavy (non-hydrogen) atoms. The molecule has 0 radical (unpaired) electrons. The summed E-state index contributed by atoms with van der Waals surface area (Å²) in [6, 6.07) is 6.73. The predicted octanol–water partition coefficient (Wildman–Crippen LogP) is 2.22. The van der Waals surface area contributed by atoms with Gasteiger partial charge in [-0.1, -0.05) is 6.07 Å². The van der Waals surface area contributed by atoms with Crippen LogP contribution in [-0.2, 0) is 17.6 Å². The lowest BCUT2D eigenvalue weighted by atomic mass is 10.1. The summed E-state index contributed by atoms with van der Waals surface area (Å²) in [6.45, 7) is 0.652. The molecular formula is C12H17NO. The summed E-state index contributed by atoms with van der Waals surface area (Å²) in [5.41, 5.74) is 4.30. The quantitative estimate of drug-likeness (QED) is 0.679. The van der Waals surface area contributed by atoms with E-state index in [2.05, 4.69) is 30.1 Å². The van der Waals surface area contributed by atoms with Crippen LogP contribution in [0.25, 0.3) is 0 Å². The number of benzene rings is 1. The molecule has 0 saturated carbocycles. The number of aryl methyl sites for hydroxylation is 2. The molecule has 0 aliphatic heterocycles. The molecule has 2 nitrogen and oxygen atoms in total. The van der Waals surface area contributed by atoms with Gasteiger partial charge in [-0.05, 0) is 42.5 Å². The zero-order chi connectivity index (χ0) is 9.97. The molecule has 0 unspecified atom stereocenters. The first-order valence-electron chi connectivity index (χ1n) is 5.13. The van der Waals surface area contributed by atoms with E-state index >= 15 is 0 Å². The smallest absolute Gasteiger partial charge is 0.118 e. The Hall–Kier alpha value is -1.02. The molecule has 1 aliphatic rings. The Balaban J connectivity index is 2.19. The Bertz CT molecular complexity index is 322. The van der Waals surface area contributed by atoms with Crippen molar-refractivity contribution >= 4 is 5.69 Å². The Morgan fingerprint density at radius 3 is 2.86 bits per heavy atom. The van der Waals surface area contributed by atoms with Gasteiger partial charge < -0.3 is 9.64 Å². The van der Waals surface area contributed by atoms with Crippen LogP contribution in [0.3, 0.4) is 0 Å². The predicted molar refractivity (Wildman–Crippen MR) is 58.7 cm³/mol. The second-order valence-corrected chi connectivity index (χ2v) is 3.92. The van der Waals surface area contributed by atoms with Crippen LogP contribution in [-0.4, -0.2) is 20.9 Å². The SMILES string of the molecule is COCN(C)c1ccc2c(c1)CCC2. The molecule has 0 N–H and O–H groups in total. The summed E-state index contributed by atoms with van der Waals surface area (Å²) in [4.78, 5) is 2.12. The largest absolute Gasteiger partial charge is 0.364 e. The molecule has 0 saturated heterocycles. The van der Waals surface area contributed by atoms with E-state index in [4.69, 9.17) is 4.74 Å². The summed E-state index contributed by atoms with van der Waals surface area (Å²) >= 11 is 0. The van der Waals surface area contributed by atoms with Gasteiger partial charge in [0.25, 0.3) is 0 Å². The Kier molecular flexibility index (Phi) is 2.73. The number of ether oxygens (including phenoxy) is 1. The van der Waals surface area contributed by atoms with E-state index in [0.29, 0.717) is 6.73 Å². The third kappa shape index (κ3) is 1.75. The third-order valence-electron chi connectivity index (χ3n) is 2.85. The topological polar surface area (TPSA) is 12.5 Å². The van der Waals surface area contributed by atoms with Crippen molar-refractivity contribution < 1.29 is 4.74 Å². The monoisotopic (exact) mass is 191 g/mol. The molecule has 0 bridgehead atoms. The lowest BCUT2D eigenvalue weighted by Gasteiger charge is -2.18. The molecule has 2 rings (SSSR count). The maximum Gasteiger partial charge on any atom is 0.118 e. The van der Waals surface area contributed by atoms with Gasteiger partial charge in [0.15, 0.2) is 0 Å². The van der Waals surface area contributed by atoms with Gasteiger partial charge in [0.05, 0.1) is 0 Å². The van der Waals surface area contributed by atoms with Crippen molar-refractivity contribution in [3.05, 3.63) is 29.3 Å². The molecule has 1 aromatic rings. The van der Waals surface area contributed by atoms with Crippen LogP contribution < -0.4 is 4.90 Å². The summed E-state index contributed by atoms with van der Waals surface area (Å²) < 4.78 is 5.10. The molecular weight excluding hydrogens is 174 g/mol. The van der Waals surface area contributed by atoms with Crippen LogP contribution in [0.15, 0.2) is 18.2 Å². The molecule has 0 amide bonds. The van der Waals surface area contributed by atoms with Crippen molar-refractivity contribution in [1.82, 2.24) is 0 Å². The fourth-order valence-electron chi connectivity index (χ4n) is 2.06. The van der Waals surface area contributed by atoms with E-state index in [0.717, 1.165) is 0 Å². The molecule has 0 fully saturated rings. The molecule has 1 aromatic carbocycles. The maximum absolute atomic E-state index is 5.10. The van der Waals surface area contributed by atoms with Gasteiger partial charge in [-0.15, -0.1) is 0 Å². The van der Waals surface area contributed by atoms with Crippen LogP contribution in [0, 0.1) is 0 Å². The number of rotatable bonds is 3. The molecule has 76 valence electrons. The highest BCUT2D eigenvalue weighted by molar-refractivity contribution is 5.51. The first-order chi connectivity index (χ1) is 6.81. The number of fused-ring (bicyclic) bond motifs is 1. The van der Waals surface area contributed by atoms with Crippen LogP contribution in [0.5, 0.6) is 0 Å². The first-order valence-corrected chi connectivity index (χ1v) is 5.13. The molecule has 0 heterocycles. The molecule has 2 heteroatoms. The highest BCUT2D eigenvalue weighted by Gasteiger charge is 2.11. The summed E-state index contributed by atoms with van der Waals surface area (Å²) in [5.74, 6) is 0.